The third kappa shape index (κ3) is 5.72. The van der Waals surface area contributed by atoms with Crippen LogP contribution in [0.5, 0.6) is 11.5 Å². The molecule has 0 aliphatic heterocycles. The molecule has 0 aliphatic rings. The number of ether oxygens (including phenoxy) is 2. The summed E-state index contributed by atoms with van der Waals surface area (Å²) < 4.78 is 10.8. The van der Waals surface area contributed by atoms with Crippen molar-refractivity contribution in [1.29, 1.82) is 0 Å². The number of nitrogens with zero attached hydrogens (tertiary/aromatic N) is 1. The van der Waals surface area contributed by atoms with Crippen molar-refractivity contribution in [2.45, 2.75) is 13.3 Å². The maximum atomic E-state index is 12.5. The molecule has 29 heavy (non-hydrogen) atoms. The molecule has 1 heterocycles. The predicted octanol–water partition coefficient (Wildman–Crippen LogP) is 4.21. The number of para-hydroxylation sites is 1. The Morgan fingerprint density at radius 2 is 1.83 bits per heavy atom. The van der Waals surface area contributed by atoms with E-state index >= 15 is 0 Å². The van der Waals surface area contributed by atoms with Gasteiger partial charge in [0, 0.05) is 24.1 Å². The lowest BCUT2D eigenvalue weighted by Gasteiger charge is -2.10. The average molecular weight is 391 g/mol. The van der Waals surface area contributed by atoms with Gasteiger partial charge in [-0.3, -0.25) is 9.78 Å². The number of rotatable bonds is 9. The van der Waals surface area contributed by atoms with Crippen LogP contribution in [0.1, 0.15) is 23.0 Å². The molecule has 0 aliphatic carbocycles. The number of benzene rings is 2. The summed E-state index contributed by atoms with van der Waals surface area (Å²) >= 11 is 0. The summed E-state index contributed by atoms with van der Waals surface area (Å²) in [6.45, 7) is 3.08. The summed E-state index contributed by atoms with van der Waals surface area (Å²) in [7, 11) is 1.64. The van der Waals surface area contributed by atoms with Gasteiger partial charge in [-0.2, -0.15) is 0 Å². The van der Waals surface area contributed by atoms with Gasteiger partial charge in [-0.15, -0.1) is 0 Å². The zero-order valence-electron chi connectivity index (χ0n) is 16.6. The van der Waals surface area contributed by atoms with Crippen molar-refractivity contribution in [3.63, 3.8) is 0 Å². The van der Waals surface area contributed by atoms with Gasteiger partial charge in [0.1, 0.15) is 17.2 Å². The van der Waals surface area contributed by atoms with Gasteiger partial charge < -0.3 is 20.1 Å². The first-order valence-corrected chi connectivity index (χ1v) is 9.55. The van der Waals surface area contributed by atoms with Crippen molar-refractivity contribution < 1.29 is 14.3 Å². The lowest BCUT2D eigenvalue weighted by atomic mass is 10.1. The lowest BCUT2D eigenvalue weighted by molar-refractivity contribution is 0.0949. The van der Waals surface area contributed by atoms with Crippen LogP contribution in [0.4, 0.5) is 11.4 Å². The molecule has 6 heteroatoms. The van der Waals surface area contributed by atoms with Crippen molar-refractivity contribution in [3.05, 3.63) is 78.1 Å². The number of anilines is 2. The third-order valence-corrected chi connectivity index (χ3v) is 4.32. The number of nitrogens with one attached hydrogen (secondary N) is 2. The Morgan fingerprint density at radius 1 is 1.03 bits per heavy atom. The molecule has 0 bridgehead atoms. The van der Waals surface area contributed by atoms with Crippen LogP contribution in [-0.4, -0.2) is 31.2 Å². The van der Waals surface area contributed by atoms with Gasteiger partial charge in [-0.05, 0) is 61.4 Å². The van der Waals surface area contributed by atoms with Crippen LogP contribution >= 0.6 is 0 Å². The first kappa shape index (κ1) is 20.2. The molecule has 1 aromatic heterocycles. The number of pyridine rings is 1. The minimum atomic E-state index is -0.213. The van der Waals surface area contributed by atoms with Gasteiger partial charge >= 0.3 is 0 Å². The fourth-order valence-electron chi connectivity index (χ4n) is 2.91. The number of carbonyl (C=O) groups is 1. The number of amides is 1. The van der Waals surface area contributed by atoms with Crippen LogP contribution in [-0.2, 0) is 6.42 Å². The molecule has 0 unspecified atom stereocenters. The van der Waals surface area contributed by atoms with Crippen LogP contribution < -0.4 is 20.1 Å². The fraction of sp³-hybridized carbons (Fsp3) is 0.217. The topological polar surface area (TPSA) is 72.5 Å². The second kappa shape index (κ2) is 10.1. The predicted molar refractivity (Wildman–Crippen MR) is 114 cm³/mol. The minimum Gasteiger partial charge on any atom is -0.496 e. The highest BCUT2D eigenvalue weighted by molar-refractivity contribution is 5.93. The monoisotopic (exact) mass is 391 g/mol. The Bertz CT molecular complexity index is 942. The van der Waals surface area contributed by atoms with Crippen molar-refractivity contribution in [3.8, 4) is 11.5 Å². The van der Waals surface area contributed by atoms with Crippen molar-refractivity contribution in [2.75, 3.05) is 25.6 Å². The molecule has 0 atom stereocenters. The first-order valence-electron chi connectivity index (χ1n) is 9.55. The van der Waals surface area contributed by atoms with Crippen LogP contribution in [0.3, 0.4) is 0 Å². The lowest BCUT2D eigenvalue weighted by Crippen LogP contribution is -2.26. The van der Waals surface area contributed by atoms with Crippen molar-refractivity contribution in [2.24, 2.45) is 0 Å². The van der Waals surface area contributed by atoms with E-state index in [9.17, 15) is 4.79 Å². The first-order chi connectivity index (χ1) is 14.2. The molecule has 150 valence electrons. The molecule has 2 N–H and O–H groups in total. The molecule has 6 nitrogen and oxygen atoms in total. The quantitative estimate of drug-likeness (QED) is 0.572. The number of hydrogen-bond acceptors (Lipinski definition) is 5. The SMILES string of the molecule is CCOc1ccc(Nc2ccnc(C(=O)NCCc3ccccc3OC)c2)cc1. The number of hydrogen-bond donors (Lipinski definition) is 2. The highest BCUT2D eigenvalue weighted by Gasteiger charge is 2.09. The Morgan fingerprint density at radius 3 is 2.59 bits per heavy atom. The summed E-state index contributed by atoms with van der Waals surface area (Å²) in [6, 6.07) is 19.0. The average Bonchev–Trinajstić information content (AvgIpc) is 2.76. The molecule has 0 radical (unpaired) electrons. The van der Waals surface area contributed by atoms with E-state index in [2.05, 4.69) is 15.6 Å². The Labute approximate surface area is 170 Å². The number of methoxy groups -OCH3 is 1. The molecule has 2 aromatic carbocycles. The van der Waals surface area contributed by atoms with E-state index in [0.717, 1.165) is 28.4 Å². The van der Waals surface area contributed by atoms with Gasteiger partial charge in [0.25, 0.3) is 5.91 Å². The second-order valence-corrected chi connectivity index (χ2v) is 6.33. The van der Waals surface area contributed by atoms with Crippen LogP contribution in [0.25, 0.3) is 0 Å². The van der Waals surface area contributed by atoms with Gasteiger partial charge in [0.05, 0.1) is 13.7 Å². The maximum absolute atomic E-state index is 12.5. The van der Waals surface area contributed by atoms with E-state index < -0.39 is 0 Å². The van der Waals surface area contributed by atoms with Gasteiger partial charge in [-0.1, -0.05) is 18.2 Å². The van der Waals surface area contributed by atoms with Crippen molar-refractivity contribution in [1.82, 2.24) is 10.3 Å². The largest absolute Gasteiger partial charge is 0.496 e. The summed E-state index contributed by atoms with van der Waals surface area (Å²) in [5.41, 5.74) is 3.11. The molecule has 0 spiro atoms. The Kier molecular flexibility index (Phi) is 7.05. The summed E-state index contributed by atoms with van der Waals surface area (Å²) in [4.78, 5) is 16.6. The number of carbonyl (C=O) groups excluding carboxylic acids is 1. The molecular formula is C23H25N3O3. The van der Waals surface area contributed by atoms with Crippen LogP contribution in [0.2, 0.25) is 0 Å². The van der Waals surface area contributed by atoms with Gasteiger partial charge in [-0.25, -0.2) is 0 Å². The smallest absolute Gasteiger partial charge is 0.269 e. The van der Waals surface area contributed by atoms with Crippen molar-refractivity contribution >= 4 is 17.3 Å². The summed E-state index contributed by atoms with van der Waals surface area (Å²) in [5.74, 6) is 1.43. The number of aromatic nitrogens is 1. The van der Waals surface area contributed by atoms with Crippen LogP contribution in [0, 0.1) is 0 Å². The molecule has 1 amide bonds. The standard InChI is InChI=1S/C23H25N3O3/c1-3-29-20-10-8-18(9-11-20)26-19-13-15-24-21(16-19)23(27)25-14-12-17-6-4-5-7-22(17)28-2/h4-11,13,15-16H,3,12,14H2,1-2H3,(H,24,26)(H,25,27). The fourth-order valence-corrected chi connectivity index (χ4v) is 2.91. The third-order valence-electron chi connectivity index (χ3n) is 4.32. The summed E-state index contributed by atoms with van der Waals surface area (Å²) in [5, 5.41) is 6.18. The highest BCUT2D eigenvalue weighted by atomic mass is 16.5. The molecule has 0 fully saturated rings. The molecule has 0 saturated carbocycles. The Hall–Kier alpha value is -3.54. The van der Waals surface area contributed by atoms with Crippen LogP contribution in [0.15, 0.2) is 66.9 Å². The molecule has 3 rings (SSSR count). The van der Waals surface area contributed by atoms with Gasteiger partial charge in [0.2, 0.25) is 0 Å². The zero-order chi connectivity index (χ0) is 20.5. The van der Waals surface area contributed by atoms with E-state index in [1.54, 1.807) is 19.4 Å². The highest BCUT2D eigenvalue weighted by Crippen LogP contribution is 2.20. The molecule has 3 aromatic rings. The maximum Gasteiger partial charge on any atom is 0.269 e. The Balaban J connectivity index is 1.57. The van der Waals surface area contributed by atoms with E-state index in [0.29, 0.717) is 25.3 Å². The zero-order valence-corrected chi connectivity index (χ0v) is 16.6. The minimum absolute atomic E-state index is 0.213. The molecular weight excluding hydrogens is 366 g/mol. The van der Waals surface area contributed by atoms with E-state index in [-0.39, 0.29) is 5.91 Å². The second-order valence-electron chi connectivity index (χ2n) is 6.33. The van der Waals surface area contributed by atoms with E-state index in [1.165, 1.54) is 0 Å². The van der Waals surface area contributed by atoms with Gasteiger partial charge in [0.15, 0.2) is 0 Å². The summed E-state index contributed by atoms with van der Waals surface area (Å²) in [6.07, 6.45) is 2.30. The van der Waals surface area contributed by atoms with E-state index in [4.69, 9.17) is 9.47 Å². The molecule has 0 saturated heterocycles. The van der Waals surface area contributed by atoms with E-state index in [1.807, 2.05) is 61.5 Å². The normalized spacial score (nSPS) is 10.3.